The highest BCUT2D eigenvalue weighted by atomic mass is 32.2. The van der Waals surface area contributed by atoms with E-state index in [2.05, 4.69) is 20.7 Å². The van der Waals surface area contributed by atoms with Crippen LogP contribution in [-0.4, -0.2) is 42.5 Å². The van der Waals surface area contributed by atoms with E-state index >= 15 is 0 Å². The van der Waals surface area contributed by atoms with Gasteiger partial charge in [0.2, 0.25) is 0 Å². The molecular formula is C8H17N5OS. The average Bonchev–Trinajstić information content (AvgIpc) is 2.58. The molecule has 6 nitrogen and oxygen atoms in total. The Balaban J connectivity index is 2.14. The lowest BCUT2D eigenvalue weighted by Crippen LogP contribution is -2.21. The molecule has 2 unspecified atom stereocenters. The van der Waals surface area contributed by atoms with Crippen LogP contribution in [0, 0.1) is 0 Å². The summed E-state index contributed by atoms with van der Waals surface area (Å²) >= 11 is 0. The highest BCUT2D eigenvalue weighted by Gasteiger charge is 2.05. The Morgan fingerprint density at radius 1 is 1.60 bits per heavy atom. The van der Waals surface area contributed by atoms with Gasteiger partial charge < -0.3 is 5.32 Å². The molecule has 0 aliphatic heterocycles. The topological polar surface area (TPSA) is 72.7 Å². The SMILES string of the molecule is CC(CCNCc1nnn(C)n1)S(C)=O. The van der Waals surface area contributed by atoms with Crippen molar-refractivity contribution in [1.82, 2.24) is 25.5 Å². The molecule has 0 aromatic carbocycles. The van der Waals surface area contributed by atoms with Crippen LogP contribution in [0.25, 0.3) is 0 Å². The predicted molar refractivity (Wildman–Crippen MR) is 58.7 cm³/mol. The van der Waals surface area contributed by atoms with E-state index in [1.54, 1.807) is 13.3 Å². The number of rotatable bonds is 6. The maximum absolute atomic E-state index is 11.1. The molecule has 0 saturated carbocycles. The van der Waals surface area contributed by atoms with Crippen LogP contribution in [0.1, 0.15) is 19.2 Å². The van der Waals surface area contributed by atoms with Gasteiger partial charge in [0, 0.05) is 22.3 Å². The lowest BCUT2D eigenvalue weighted by atomic mass is 10.3. The standard InChI is InChI=1S/C8H17N5OS/c1-7(15(3)14)4-5-9-6-8-10-12-13(2)11-8/h7,9H,4-6H2,1-3H3. The van der Waals surface area contributed by atoms with E-state index in [0.717, 1.165) is 13.0 Å². The minimum atomic E-state index is -0.742. The van der Waals surface area contributed by atoms with Gasteiger partial charge in [0.05, 0.1) is 13.6 Å². The summed E-state index contributed by atoms with van der Waals surface area (Å²) in [5.74, 6) is 0.683. The van der Waals surface area contributed by atoms with Crippen molar-refractivity contribution in [3.63, 3.8) is 0 Å². The van der Waals surface area contributed by atoms with Crippen molar-refractivity contribution >= 4 is 10.8 Å². The maximum Gasteiger partial charge on any atom is 0.188 e. The molecule has 1 rings (SSSR count). The summed E-state index contributed by atoms with van der Waals surface area (Å²) in [5.41, 5.74) is 0. The van der Waals surface area contributed by atoms with Crippen molar-refractivity contribution in [2.24, 2.45) is 7.05 Å². The Hall–Kier alpha value is -0.820. The zero-order chi connectivity index (χ0) is 11.3. The van der Waals surface area contributed by atoms with Gasteiger partial charge in [-0.25, -0.2) is 0 Å². The normalized spacial score (nSPS) is 15.1. The van der Waals surface area contributed by atoms with Crippen LogP contribution < -0.4 is 5.32 Å². The van der Waals surface area contributed by atoms with E-state index in [1.165, 1.54) is 4.80 Å². The van der Waals surface area contributed by atoms with Gasteiger partial charge in [-0.2, -0.15) is 4.80 Å². The molecule has 0 amide bonds. The molecule has 0 fully saturated rings. The molecule has 0 radical (unpaired) electrons. The fraction of sp³-hybridized carbons (Fsp3) is 0.875. The van der Waals surface area contributed by atoms with Crippen molar-refractivity contribution in [1.29, 1.82) is 0 Å². The Morgan fingerprint density at radius 3 is 2.87 bits per heavy atom. The number of hydrogen-bond donors (Lipinski definition) is 1. The highest BCUT2D eigenvalue weighted by Crippen LogP contribution is 1.97. The summed E-state index contributed by atoms with van der Waals surface area (Å²) in [6, 6.07) is 0. The predicted octanol–water partition coefficient (Wildman–Crippen LogP) is -0.543. The molecule has 86 valence electrons. The van der Waals surface area contributed by atoms with Gasteiger partial charge in [-0.3, -0.25) is 4.21 Å². The second-order valence-electron chi connectivity index (χ2n) is 3.47. The third-order valence-corrected chi connectivity index (χ3v) is 3.50. The molecular weight excluding hydrogens is 214 g/mol. The highest BCUT2D eigenvalue weighted by molar-refractivity contribution is 7.84. The van der Waals surface area contributed by atoms with Gasteiger partial charge in [0.25, 0.3) is 0 Å². The Labute approximate surface area is 91.9 Å². The lowest BCUT2D eigenvalue weighted by molar-refractivity contribution is 0.605. The monoisotopic (exact) mass is 231 g/mol. The zero-order valence-corrected chi connectivity index (χ0v) is 10.1. The second kappa shape index (κ2) is 5.92. The molecule has 2 atom stereocenters. The minimum absolute atomic E-state index is 0.229. The van der Waals surface area contributed by atoms with Crippen LogP contribution in [0.2, 0.25) is 0 Å². The van der Waals surface area contributed by atoms with Gasteiger partial charge in [-0.15, -0.1) is 10.2 Å². The number of aromatic nitrogens is 4. The lowest BCUT2D eigenvalue weighted by Gasteiger charge is -2.07. The molecule has 0 spiro atoms. The van der Waals surface area contributed by atoms with Gasteiger partial charge >= 0.3 is 0 Å². The second-order valence-corrected chi connectivity index (χ2v) is 5.27. The number of hydrogen-bond acceptors (Lipinski definition) is 5. The van der Waals surface area contributed by atoms with Crippen LogP contribution >= 0.6 is 0 Å². The van der Waals surface area contributed by atoms with Crippen LogP contribution in [-0.2, 0) is 24.4 Å². The van der Waals surface area contributed by atoms with Crippen LogP contribution in [0.5, 0.6) is 0 Å². The van der Waals surface area contributed by atoms with Crippen LogP contribution in [0.3, 0.4) is 0 Å². The summed E-state index contributed by atoms with van der Waals surface area (Å²) in [6.45, 7) is 3.41. The molecule has 0 aliphatic carbocycles. The third kappa shape index (κ3) is 4.48. The third-order valence-electron chi connectivity index (χ3n) is 2.13. The molecule has 1 aromatic heterocycles. The van der Waals surface area contributed by atoms with Crippen LogP contribution in [0.4, 0.5) is 0 Å². The molecule has 1 heterocycles. The molecule has 1 N–H and O–H groups in total. The van der Waals surface area contributed by atoms with Crippen molar-refractivity contribution in [3.05, 3.63) is 5.82 Å². The summed E-state index contributed by atoms with van der Waals surface area (Å²) in [7, 11) is 0.993. The van der Waals surface area contributed by atoms with E-state index in [9.17, 15) is 4.21 Å². The fourth-order valence-corrected chi connectivity index (χ4v) is 1.52. The maximum atomic E-state index is 11.1. The molecule has 0 saturated heterocycles. The molecule has 15 heavy (non-hydrogen) atoms. The fourth-order valence-electron chi connectivity index (χ4n) is 1.07. The Morgan fingerprint density at radius 2 is 2.33 bits per heavy atom. The summed E-state index contributed by atoms with van der Waals surface area (Å²) in [4.78, 5) is 1.43. The van der Waals surface area contributed by atoms with Crippen molar-refractivity contribution < 1.29 is 4.21 Å². The first kappa shape index (κ1) is 12.3. The quantitative estimate of drug-likeness (QED) is 0.665. The van der Waals surface area contributed by atoms with Gasteiger partial charge in [0.1, 0.15) is 0 Å². The van der Waals surface area contributed by atoms with Crippen molar-refractivity contribution in [2.75, 3.05) is 12.8 Å². The van der Waals surface area contributed by atoms with Crippen molar-refractivity contribution in [2.45, 2.75) is 25.1 Å². The van der Waals surface area contributed by atoms with Gasteiger partial charge in [-0.05, 0) is 18.2 Å². The first-order valence-electron chi connectivity index (χ1n) is 4.85. The summed E-state index contributed by atoms with van der Waals surface area (Å²) in [5, 5.41) is 15.0. The number of aryl methyl sites for hydroxylation is 1. The molecule has 7 heteroatoms. The first-order valence-corrected chi connectivity index (χ1v) is 6.47. The number of nitrogens with one attached hydrogen (secondary N) is 1. The van der Waals surface area contributed by atoms with E-state index in [-0.39, 0.29) is 5.25 Å². The largest absolute Gasteiger partial charge is 0.310 e. The summed E-state index contributed by atoms with van der Waals surface area (Å²) < 4.78 is 11.1. The van der Waals surface area contributed by atoms with E-state index in [0.29, 0.717) is 12.4 Å². The molecule has 0 aliphatic rings. The first-order chi connectivity index (χ1) is 7.09. The molecule has 0 bridgehead atoms. The Kier molecular flexibility index (Phi) is 4.83. The van der Waals surface area contributed by atoms with Crippen LogP contribution in [0.15, 0.2) is 0 Å². The van der Waals surface area contributed by atoms with Gasteiger partial charge in [0.15, 0.2) is 5.82 Å². The average molecular weight is 231 g/mol. The smallest absolute Gasteiger partial charge is 0.188 e. The minimum Gasteiger partial charge on any atom is -0.310 e. The number of nitrogens with zero attached hydrogens (tertiary/aromatic N) is 4. The van der Waals surface area contributed by atoms with E-state index in [4.69, 9.17) is 0 Å². The molecule has 1 aromatic rings. The van der Waals surface area contributed by atoms with E-state index in [1.807, 2.05) is 6.92 Å². The Bertz CT molecular complexity index is 327. The zero-order valence-electron chi connectivity index (χ0n) is 9.30. The summed E-state index contributed by atoms with van der Waals surface area (Å²) in [6.07, 6.45) is 2.62. The number of tetrazole rings is 1. The van der Waals surface area contributed by atoms with Gasteiger partial charge in [-0.1, -0.05) is 6.92 Å². The van der Waals surface area contributed by atoms with E-state index < -0.39 is 10.8 Å². The van der Waals surface area contributed by atoms with Crippen molar-refractivity contribution in [3.8, 4) is 0 Å².